The number of hydrogen-bond acceptors (Lipinski definition) is 4. The van der Waals surface area contributed by atoms with Crippen LogP contribution in [0.3, 0.4) is 0 Å². The minimum absolute atomic E-state index is 0.105. The maximum atomic E-state index is 13.8. The molecule has 1 aliphatic rings. The molecule has 10 heteroatoms. The first kappa shape index (κ1) is 21.2. The van der Waals surface area contributed by atoms with Gasteiger partial charge in [0.2, 0.25) is 0 Å². The van der Waals surface area contributed by atoms with Crippen LogP contribution in [0.15, 0.2) is 54.7 Å². The summed E-state index contributed by atoms with van der Waals surface area (Å²) in [6.45, 7) is 2.58. The summed E-state index contributed by atoms with van der Waals surface area (Å²) >= 11 is 5.90. The fraction of sp³-hybridized carbons (Fsp3) is 0.238. The lowest BCUT2D eigenvalue weighted by molar-refractivity contribution is -0.143. The molecule has 1 aliphatic heterocycles. The van der Waals surface area contributed by atoms with Crippen molar-refractivity contribution in [3.63, 3.8) is 0 Å². The Bertz CT molecular complexity index is 1090. The van der Waals surface area contributed by atoms with E-state index >= 15 is 0 Å². The third-order valence-electron chi connectivity index (χ3n) is 4.82. The van der Waals surface area contributed by atoms with Crippen LogP contribution in [0.2, 0.25) is 5.02 Å². The zero-order valence-corrected chi connectivity index (χ0v) is 17.0. The summed E-state index contributed by atoms with van der Waals surface area (Å²) in [7, 11) is 0. The lowest BCUT2D eigenvalue weighted by Crippen LogP contribution is -2.36. The van der Waals surface area contributed by atoms with Gasteiger partial charge in [-0.15, -0.1) is 0 Å². The van der Waals surface area contributed by atoms with E-state index in [1.807, 2.05) is 6.07 Å². The molecule has 1 saturated heterocycles. The first-order valence-corrected chi connectivity index (χ1v) is 9.86. The van der Waals surface area contributed by atoms with Gasteiger partial charge < -0.3 is 15.0 Å². The standard InChI is InChI=1S/C21H18ClF3N4O2/c22-14-3-1-6-17(11-14)29-19(21(23,24)25)18(13-26-29)20(30)27-15-4-2-5-16(12-15)28-7-9-31-10-8-28/h1-6,11-13H,7-10H2,(H,27,30). The van der Waals surface area contributed by atoms with E-state index in [0.29, 0.717) is 36.7 Å². The number of benzene rings is 2. The quantitative estimate of drug-likeness (QED) is 0.629. The number of carbonyl (C=O) groups is 1. The van der Waals surface area contributed by atoms with Crippen molar-refractivity contribution in [1.82, 2.24) is 9.78 Å². The molecule has 0 atom stereocenters. The van der Waals surface area contributed by atoms with Crippen LogP contribution in [0.25, 0.3) is 5.69 Å². The SMILES string of the molecule is O=C(Nc1cccc(N2CCOCC2)c1)c1cnn(-c2cccc(Cl)c2)c1C(F)(F)F. The van der Waals surface area contributed by atoms with Gasteiger partial charge in [-0.1, -0.05) is 23.7 Å². The molecule has 6 nitrogen and oxygen atoms in total. The van der Waals surface area contributed by atoms with E-state index in [-0.39, 0.29) is 10.7 Å². The third kappa shape index (κ3) is 4.67. The Hall–Kier alpha value is -3.04. The number of carbonyl (C=O) groups excluding carboxylic acids is 1. The van der Waals surface area contributed by atoms with Gasteiger partial charge in [0, 0.05) is 29.5 Å². The Labute approximate surface area is 181 Å². The highest BCUT2D eigenvalue weighted by Crippen LogP contribution is 2.34. The predicted molar refractivity (Wildman–Crippen MR) is 111 cm³/mol. The molecule has 2 aromatic carbocycles. The van der Waals surface area contributed by atoms with Crippen LogP contribution in [0.5, 0.6) is 0 Å². The second-order valence-corrected chi connectivity index (χ2v) is 7.34. The molecule has 0 saturated carbocycles. The maximum Gasteiger partial charge on any atom is 0.434 e. The summed E-state index contributed by atoms with van der Waals surface area (Å²) in [5.74, 6) is -0.903. The topological polar surface area (TPSA) is 59.4 Å². The fourth-order valence-electron chi connectivity index (χ4n) is 3.39. The largest absolute Gasteiger partial charge is 0.434 e. The Balaban J connectivity index is 1.63. The second kappa shape index (κ2) is 8.60. The van der Waals surface area contributed by atoms with E-state index in [1.54, 1.807) is 18.2 Å². The number of hydrogen-bond donors (Lipinski definition) is 1. The van der Waals surface area contributed by atoms with Crippen LogP contribution in [0, 0.1) is 0 Å². The Morgan fingerprint density at radius 3 is 2.48 bits per heavy atom. The normalized spacial score (nSPS) is 14.5. The van der Waals surface area contributed by atoms with E-state index in [1.165, 1.54) is 24.3 Å². The average Bonchev–Trinajstić information content (AvgIpc) is 3.21. The molecule has 2 heterocycles. The van der Waals surface area contributed by atoms with Gasteiger partial charge in [0.15, 0.2) is 5.69 Å². The van der Waals surface area contributed by atoms with E-state index in [2.05, 4.69) is 15.3 Å². The smallest absolute Gasteiger partial charge is 0.378 e. The van der Waals surface area contributed by atoms with Gasteiger partial charge >= 0.3 is 6.18 Å². The first-order valence-electron chi connectivity index (χ1n) is 9.48. The molecule has 1 aromatic heterocycles. The highest BCUT2D eigenvalue weighted by Gasteiger charge is 2.40. The molecule has 4 rings (SSSR count). The molecule has 0 spiro atoms. The van der Waals surface area contributed by atoms with E-state index in [9.17, 15) is 18.0 Å². The molecule has 0 bridgehead atoms. The number of anilines is 2. The summed E-state index contributed by atoms with van der Waals surface area (Å²) in [5.41, 5.74) is -0.404. The maximum absolute atomic E-state index is 13.8. The number of amides is 1. The number of nitrogens with one attached hydrogen (secondary N) is 1. The highest BCUT2D eigenvalue weighted by atomic mass is 35.5. The Kier molecular flexibility index (Phi) is 5.88. The van der Waals surface area contributed by atoms with Gasteiger partial charge in [-0.25, -0.2) is 4.68 Å². The number of rotatable bonds is 4. The van der Waals surface area contributed by atoms with Crippen molar-refractivity contribution >= 4 is 28.9 Å². The third-order valence-corrected chi connectivity index (χ3v) is 5.05. The van der Waals surface area contributed by atoms with Gasteiger partial charge in [0.25, 0.3) is 5.91 Å². The number of aromatic nitrogens is 2. The lowest BCUT2D eigenvalue weighted by atomic mass is 10.2. The molecule has 0 radical (unpaired) electrons. The van der Waals surface area contributed by atoms with E-state index in [4.69, 9.17) is 16.3 Å². The zero-order valence-electron chi connectivity index (χ0n) is 16.2. The molecule has 1 fully saturated rings. The predicted octanol–water partition coefficient (Wildman–Crippen LogP) is 4.63. The van der Waals surface area contributed by atoms with Gasteiger partial charge in [-0.05, 0) is 36.4 Å². The van der Waals surface area contributed by atoms with Gasteiger partial charge in [0.1, 0.15) is 0 Å². The van der Waals surface area contributed by atoms with Crippen molar-refractivity contribution in [2.24, 2.45) is 0 Å². The van der Waals surface area contributed by atoms with Crippen molar-refractivity contribution < 1.29 is 22.7 Å². The minimum Gasteiger partial charge on any atom is -0.378 e. The number of ether oxygens (including phenoxy) is 1. The van der Waals surface area contributed by atoms with Crippen LogP contribution in [0.1, 0.15) is 16.1 Å². The van der Waals surface area contributed by atoms with Crippen LogP contribution < -0.4 is 10.2 Å². The van der Waals surface area contributed by atoms with Gasteiger partial charge in [0.05, 0.1) is 30.7 Å². The van der Waals surface area contributed by atoms with Crippen molar-refractivity contribution in [2.75, 3.05) is 36.5 Å². The summed E-state index contributed by atoms with van der Waals surface area (Å²) in [6.07, 6.45) is -3.90. The van der Waals surface area contributed by atoms with Crippen molar-refractivity contribution in [3.05, 3.63) is 71.0 Å². The molecule has 3 aromatic rings. The molecule has 162 valence electrons. The van der Waals surface area contributed by atoms with Gasteiger partial charge in [-0.2, -0.15) is 18.3 Å². The van der Waals surface area contributed by atoms with Crippen LogP contribution in [0.4, 0.5) is 24.5 Å². The summed E-state index contributed by atoms with van der Waals surface area (Å²) in [4.78, 5) is 14.8. The average molecular weight is 451 g/mol. The fourth-order valence-corrected chi connectivity index (χ4v) is 3.58. The minimum atomic E-state index is -4.80. The van der Waals surface area contributed by atoms with Crippen molar-refractivity contribution in [2.45, 2.75) is 6.18 Å². The van der Waals surface area contributed by atoms with Crippen molar-refractivity contribution in [3.8, 4) is 5.69 Å². The van der Waals surface area contributed by atoms with E-state index < -0.39 is 23.3 Å². The Morgan fingerprint density at radius 1 is 1.06 bits per heavy atom. The molecular weight excluding hydrogens is 433 g/mol. The molecule has 0 aliphatic carbocycles. The lowest BCUT2D eigenvalue weighted by Gasteiger charge is -2.29. The molecule has 31 heavy (non-hydrogen) atoms. The summed E-state index contributed by atoms with van der Waals surface area (Å²) < 4.78 is 47.5. The van der Waals surface area contributed by atoms with Crippen molar-refractivity contribution in [1.29, 1.82) is 0 Å². The van der Waals surface area contributed by atoms with Crippen LogP contribution in [-0.4, -0.2) is 42.0 Å². The Morgan fingerprint density at radius 2 is 1.77 bits per heavy atom. The number of alkyl halides is 3. The summed E-state index contributed by atoms with van der Waals surface area (Å²) in [5, 5.41) is 6.61. The molecular formula is C21H18ClF3N4O2. The number of halogens is 4. The second-order valence-electron chi connectivity index (χ2n) is 6.90. The first-order chi connectivity index (χ1) is 14.8. The zero-order chi connectivity index (χ0) is 22.0. The summed E-state index contributed by atoms with van der Waals surface area (Å²) in [6, 6.07) is 12.8. The molecule has 1 N–H and O–H groups in total. The van der Waals surface area contributed by atoms with E-state index in [0.717, 1.165) is 11.9 Å². The number of morpholine rings is 1. The monoisotopic (exact) mass is 450 g/mol. The van der Waals surface area contributed by atoms with Crippen LogP contribution >= 0.6 is 11.6 Å². The molecule has 0 unspecified atom stereocenters. The highest BCUT2D eigenvalue weighted by molar-refractivity contribution is 6.30. The van der Waals surface area contributed by atoms with Gasteiger partial charge in [-0.3, -0.25) is 4.79 Å². The number of nitrogens with zero attached hydrogens (tertiary/aromatic N) is 3. The molecule has 1 amide bonds. The van der Waals surface area contributed by atoms with Crippen LogP contribution in [-0.2, 0) is 10.9 Å².